The lowest BCUT2D eigenvalue weighted by atomic mass is 10.1. The van der Waals surface area contributed by atoms with Gasteiger partial charge in [0.2, 0.25) is 0 Å². The van der Waals surface area contributed by atoms with Crippen LogP contribution in [0, 0.1) is 0 Å². The van der Waals surface area contributed by atoms with Crippen LogP contribution in [0.1, 0.15) is 58.8 Å². The summed E-state index contributed by atoms with van der Waals surface area (Å²) in [6, 6.07) is 0. The number of ether oxygens (including phenoxy) is 5. The maximum Gasteiger partial charge on any atom is 0.132 e. The Bertz CT molecular complexity index is 361. The van der Waals surface area contributed by atoms with Gasteiger partial charge in [0, 0.05) is 25.9 Å². The molecule has 0 amide bonds. The van der Waals surface area contributed by atoms with Crippen molar-refractivity contribution in [3.8, 4) is 0 Å². The third-order valence-electron chi connectivity index (χ3n) is 3.98. The summed E-state index contributed by atoms with van der Waals surface area (Å²) in [7, 11) is 0. The minimum Gasteiger partial charge on any atom is -0.379 e. The van der Waals surface area contributed by atoms with Gasteiger partial charge in [0.25, 0.3) is 0 Å². The third-order valence-corrected chi connectivity index (χ3v) is 3.98. The molecule has 0 rings (SSSR count). The van der Waals surface area contributed by atoms with Gasteiger partial charge in [-0.2, -0.15) is 0 Å². The van der Waals surface area contributed by atoms with E-state index in [0.29, 0.717) is 78.1 Å². The highest BCUT2D eigenvalue weighted by molar-refractivity contribution is 5.77. The lowest BCUT2D eigenvalue weighted by molar-refractivity contribution is -0.119. The van der Waals surface area contributed by atoms with Crippen LogP contribution in [0.5, 0.6) is 0 Å². The standard InChI is InChI=1S/C21H40O7/c1-3-21(23)8-6-4-5-7-10-24-12-14-26-16-18-28-19-17-27-15-13-25-11-9-20(2)22/h3-19H2,1-2H3. The summed E-state index contributed by atoms with van der Waals surface area (Å²) in [5, 5.41) is 0. The Hall–Kier alpha value is -0.860. The van der Waals surface area contributed by atoms with Gasteiger partial charge in [0.1, 0.15) is 11.6 Å². The Morgan fingerprint density at radius 2 is 0.964 bits per heavy atom. The van der Waals surface area contributed by atoms with E-state index in [4.69, 9.17) is 23.7 Å². The lowest BCUT2D eigenvalue weighted by Gasteiger charge is -2.08. The van der Waals surface area contributed by atoms with Crippen LogP contribution in [-0.4, -0.2) is 77.6 Å². The first-order valence-electron chi connectivity index (χ1n) is 10.6. The van der Waals surface area contributed by atoms with E-state index in [1.165, 1.54) is 0 Å². The van der Waals surface area contributed by atoms with Gasteiger partial charge in [-0.05, 0) is 19.8 Å². The Kier molecular flexibility index (Phi) is 21.7. The second kappa shape index (κ2) is 22.4. The van der Waals surface area contributed by atoms with Gasteiger partial charge >= 0.3 is 0 Å². The largest absolute Gasteiger partial charge is 0.379 e. The van der Waals surface area contributed by atoms with Crippen molar-refractivity contribution in [2.24, 2.45) is 0 Å². The van der Waals surface area contributed by atoms with Gasteiger partial charge in [-0.15, -0.1) is 0 Å². The minimum absolute atomic E-state index is 0.135. The Morgan fingerprint density at radius 1 is 0.536 bits per heavy atom. The highest BCUT2D eigenvalue weighted by Gasteiger charge is 1.98. The number of hydrogen-bond acceptors (Lipinski definition) is 7. The molecular formula is C21H40O7. The maximum absolute atomic E-state index is 11.2. The molecule has 0 aliphatic rings. The molecule has 0 aliphatic carbocycles. The van der Waals surface area contributed by atoms with E-state index in [1.807, 2.05) is 6.92 Å². The van der Waals surface area contributed by atoms with Crippen LogP contribution in [0.15, 0.2) is 0 Å². The van der Waals surface area contributed by atoms with Crippen molar-refractivity contribution >= 4 is 11.6 Å². The van der Waals surface area contributed by atoms with Crippen molar-refractivity contribution in [3.63, 3.8) is 0 Å². The number of ketones is 2. The van der Waals surface area contributed by atoms with E-state index in [2.05, 4.69) is 0 Å². The molecule has 0 radical (unpaired) electrons. The molecule has 7 heteroatoms. The monoisotopic (exact) mass is 404 g/mol. The van der Waals surface area contributed by atoms with Crippen LogP contribution in [0.25, 0.3) is 0 Å². The van der Waals surface area contributed by atoms with E-state index in [0.717, 1.165) is 38.7 Å². The molecule has 0 heterocycles. The fourth-order valence-corrected chi connectivity index (χ4v) is 2.25. The molecular weight excluding hydrogens is 364 g/mol. The lowest BCUT2D eigenvalue weighted by Crippen LogP contribution is -2.13. The molecule has 0 saturated heterocycles. The molecule has 0 aromatic rings. The van der Waals surface area contributed by atoms with Crippen LogP contribution in [0.3, 0.4) is 0 Å². The summed E-state index contributed by atoms with van der Waals surface area (Å²) in [5.41, 5.74) is 0. The molecule has 0 N–H and O–H groups in total. The Morgan fingerprint density at radius 3 is 1.43 bits per heavy atom. The van der Waals surface area contributed by atoms with Crippen LogP contribution in [0.2, 0.25) is 0 Å². The summed E-state index contributed by atoms with van der Waals surface area (Å²) in [6.45, 7) is 8.97. The number of Topliss-reactive ketones (excluding diaryl/α,β-unsaturated/α-hetero) is 2. The van der Waals surface area contributed by atoms with Gasteiger partial charge < -0.3 is 23.7 Å². The molecule has 0 aromatic carbocycles. The quantitative estimate of drug-likeness (QED) is 0.242. The minimum atomic E-state index is 0.135. The zero-order chi connectivity index (χ0) is 20.7. The topological polar surface area (TPSA) is 80.3 Å². The zero-order valence-electron chi connectivity index (χ0n) is 17.9. The maximum atomic E-state index is 11.2. The number of unbranched alkanes of at least 4 members (excludes halogenated alkanes) is 3. The number of rotatable bonds is 23. The molecule has 0 aromatic heterocycles. The molecule has 166 valence electrons. The molecule has 0 aliphatic heterocycles. The zero-order valence-corrected chi connectivity index (χ0v) is 17.9. The van der Waals surface area contributed by atoms with Gasteiger partial charge in [0.05, 0.1) is 59.5 Å². The average Bonchev–Trinajstić information content (AvgIpc) is 2.68. The van der Waals surface area contributed by atoms with Crippen molar-refractivity contribution in [2.75, 3.05) is 66.1 Å². The van der Waals surface area contributed by atoms with Crippen molar-refractivity contribution in [1.82, 2.24) is 0 Å². The summed E-state index contributed by atoms with van der Waals surface area (Å²) in [4.78, 5) is 21.9. The molecule has 7 nitrogen and oxygen atoms in total. The molecule has 0 bridgehead atoms. The van der Waals surface area contributed by atoms with E-state index in [9.17, 15) is 9.59 Å². The van der Waals surface area contributed by atoms with Crippen molar-refractivity contribution in [1.29, 1.82) is 0 Å². The molecule has 0 unspecified atom stereocenters. The van der Waals surface area contributed by atoms with E-state index >= 15 is 0 Å². The van der Waals surface area contributed by atoms with Crippen LogP contribution >= 0.6 is 0 Å². The number of hydrogen-bond donors (Lipinski definition) is 0. The fraction of sp³-hybridized carbons (Fsp3) is 0.905. The number of carbonyl (C=O) groups is 2. The first-order valence-corrected chi connectivity index (χ1v) is 10.6. The molecule has 0 saturated carbocycles. The summed E-state index contributed by atoms with van der Waals surface area (Å²) in [6.07, 6.45) is 6.06. The van der Waals surface area contributed by atoms with Gasteiger partial charge in [0.15, 0.2) is 0 Å². The average molecular weight is 405 g/mol. The van der Waals surface area contributed by atoms with Crippen molar-refractivity contribution < 1.29 is 33.3 Å². The van der Waals surface area contributed by atoms with Crippen LogP contribution in [-0.2, 0) is 33.3 Å². The van der Waals surface area contributed by atoms with E-state index < -0.39 is 0 Å². The summed E-state index contributed by atoms with van der Waals surface area (Å²) in [5.74, 6) is 0.493. The fourth-order valence-electron chi connectivity index (χ4n) is 2.25. The smallest absolute Gasteiger partial charge is 0.132 e. The first kappa shape index (κ1) is 27.1. The second-order valence-corrected chi connectivity index (χ2v) is 6.57. The molecule has 0 atom stereocenters. The van der Waals surface area contributed by atoms with E-state index in [-0.39, 0.29) is 5.78 Å². The van der Waals surface area contributed by atoms with Gasteiger partial charge in [-0.1, -0.05) is 19.8 Å². The Balaban J connectivity index is 3.03. The third kappa shape index (κ3) is 23.2. The predicted octanol–water partition coefficient (Wildman–Crippen LogP) is 2.98. The molecule has 0 spiro atoms. The number of carbonyl (C=O) groups excluding carboxylic acids is 2. The van der Waals surface area contributed by atoms with Gasteiger partial charge in [-0.25, -0.2) is 0 Å². The predicted molar refractivity (Wildman–Crippen MR) is 108 cm³/mol. The van der Waals surface area contributed by atoms with Crippen molar-refractivity contribution in [2.45, 2.75) is 58.8 Å². The van der Waals surface area contributed by atoms with Crippen LogP contribution < -0.4 is 0 Å². The first-order chi connectivity index (χ1) is 13.7. The molecule has 28 heavy (non-hydrogen) atoms. The Labute approximate surface area is 170 Å². The van der Waals surface area contributed by atoms with Crippen LogP contribution in [0.4, 0.5) is 0 Å². The van der Waals surface area contributed by atoms with E-state index in [1.54, 1.807) is 6.92 Å². The summed E-state index contributed by atoms with van der Waals surface area (Å²) < 4.78 is 26.9. The van der Waals surface area contributed by atoms with Gasteiger partial charge in [-0.3, -0.25) is 9.59 Å². The highest BCUT2D eigenvalue weighted by Crippen LogP contribution is 2.04. The van der Waals surface area contributed by atoms with Crippen molar-refractivity contribution in [3.05, 3.63) is 0 Å². The second-order valence-electron chi connectivity index (χ2n) is 6.57. The highest BCUT2D eigenvalue weighted by atomic mass is 16.6. The summed E-state index contributed by atoms with van der Waals surface area (Å²) >= 11 is 0. The normalized spacial score (nSPS) is 11.1. The SMILES string of the molecule is CCC(=O)CCCCCCOCCOCCOCCOCCOCCC(C)=O. The molecule has 0 fully saturated rings.